The predicted octanol–water partition coefficient (Wildman–Crippen LogP) is 0.953. The van der Waals surface area contributed by atoms with Gasteiger partial charge in [0.25, 0.3) is 5.91 Å². The summed E-state index contributed by atoms with van der Waals surface area (Å²) in [5, 5.41) is 3.06. The Morgan fingerprint density at radius 1 is 1.24 bits per heavy atom. The molecular formula is C21H28FN3O4. The maximum absolute atomic E-state index is 13.3. The maximum Gasteiger partial charge on any atom is 0.251 e. The zero-order valence-corrected chi connectivity index (χ0v) is 16.7. The first-order chi connectivity index (χ1) is 14.0. The highest BCUT2D eigenvalue weighted by molar-refractivity contribution is 5.86. The number of carbonyl (C=O) groups is 2. The van der Waals surface area contributed by atoms with E-state index in [-0.39, 0.29) is 29.7 Å². The van der Waals surface area contributed by atoms with E-state index in [2.05, 4.69) is 10.2 Å². The molecule has 2 heterocycles. The molecule has 1 aromatic carbocycles. The molecule has 0 radical (unpaired) electrons. The SMILES string of the molecule is CN1C(=O)COC(C(=O)NCC2(CN3CCOCC3)CC2)C1c1ccc(F)cc1. The molecule has 1 saturated carbocycles. The fourth-order valence-corrected chi connectivity index (χ4v) is 4.17. The van der Waals surface area contributed by atoms with Crippen LogP contribution in [0.4, 0.5) is 4.39 Å². The summed E-state index contributed by atoms with van der Waals surface area (Å²) in [6.07, 6.45) is 1.37. The number of halogens is 1. The van der Waals surface area contributed by atoms with Crippen LogP contribution in [0.15, 0.2) is 24.3 Å². The quantitative estimate of drug-likeness (QED) is 0.763. The zero-order chi connectivity index (χ0) is 20.4. The van der Waals surface area contributed by atoms with E-state index in [1.807, 2.05) is 0 Å². The largest absolute Gasteiger partial charge is 0.379 e. The van der Waals surface area contributed by atoms with Crippen molar-refractivity contribution in [2.75, 3.05) is 53.0 Å². The first-order valence-electron chi connectivity index (χ1n) is 10.2. The third kappa shape index (κ3) is 4.60. The van der Waals surface area contributed by atoms with Crippen LogP contribution in [-0.4, -0.2) is 80.8 Å². The Kier molecular flexibility index (Phi) is 5.85. The van der Waals surface area contributed by atoms with E-state index in [1.165, 1.54) is 17.0 Å². The van der Waals surface area contributed by atoms with Gasteiger partial charge in [0, 0.05) is 38.6 Å². The molecule has 2 unspecified atom stereocenters. The van der Waals surface area contributed by atoms with Crippen LogP contribution in [0.2, 0.25) is 0 Å². The second kappa shape index (κ2) is 8.38. The molecule has 1 aromatic rings. The number of amides is 2. The van der Waals surface area contributed by atoms with Gasteiger partial charge in [-0.05, 0) is 30.5 Å². The van der Waals surface area contributed by atoms with Gasteiger partial charge in [0.1, 0.15) is 12.4 Å². The van der Waals surface area contributed by atoms with Crippen LogP contribution in [0.25, 0.3) is 0 Å². The monoisotopic (exact) mass is 405 g/mol. The number of nitrogens with one attached hydrogen (secondary N) is 1. The van der Waals surface area contributed by atoms with Crippen LogP contribution in [0, 0.1) is 11.2 Å². The third-order valence-corrected chi connectivity index (χ3v) is 6.21. The average molecular weight is 405 g/mol. The molecule has 3 fully saturated rings. The van der Waals surface area contributed by atoms with E-state index >= 15 is 0 Å². The van der Waals surface area contributed by atoms with Crippen molar-refractivity contribution in [2.24, 2.45) is 5.41 Å². The van der Waals surface area contributed by atoms with E-state index in [0.29, 0.717) is 12.1 Å². The topological polar surface area (TPSA) is 71.1 Å². The van der Waals surface area contributed by atoms with Crippen molar-refractivity contribution in [1.29, 1.82) is 0 Å². The number of ether oxygens (including phenoxy) is 2. The van der Waals surface area contributed by atoms with Crippen LogP contribution in [0.1, 0.15) is 24.4 Å². The molecule has 2 atom stereocenters. The molecule has 1 N–H and O–H groups in total. The number of hydrogen-bond acceptors (Lipinski definition) is 5. The zero-order valence-electron chi connectivity index (χ0n) is 16.7. The third-order valence-electron chi connectivity index (χ3n) is 6.21. The van der Waals surface area contributed by atoms with E-state index < -0.39 is 12.1 Å². The van der Waals surface area contributed by atoms with Gasteiger partial charge in [-0.15, -0.1) is 0 Å². The van der Waals surface area contributed by atoms with E-state index in [9.17, 15) is 14.0 Å². The van der Waals surface area contributed by atoms with E-state index in [0.717, 1.165) is 45.7 Å². The van der Waals surface area contributed by atoms with E-state index in [4.69, 9.17) is 9.47 Å². The van der Waals surface area contributed by atoms with Crippen molar-refractivity contribution in [2.45, 2.75) is 25.0 Å². The second-order valence-corrected chi connectivity index (χ2v) is 8.34. The minimum Gasteiger partial charge on any atom is -0.379 e. The molecular weight excluding hydrogens is 377 g/mol. The summed E-state index contributed by atoms with van der Waals surface area (Å²) >= 11 is 0. The maximum atomic E-state index is 13.3. The van der Waals surface area contributed by atoms with Crippen LogP contribution in [-0.2, 0) is 19.1 Å². The summed E-state index contributed by atoms with van der Waals surface area (Å²) in [5.74, 6) is -0.791. The number of carbonyl (C=O) groups excluding carboxylic acids is 2. The first kappa shape index (κ1) is 20.3. The minimum absolute atomic E-state index is 0.120. The number of likely N-dealkylation sites (N-methyl/N-ethyl adjacent to an activating group) is 1. The highest BCUT2D eigenvalue weighted by Gasteiger charge is 2.46. The first-order valence-corrected chi connectivity index (χ1v) is 10.2. The number of morpholine rings is 2. The molecule has 2 amide bonds. The lowest BCUT2D eigenvalue weighted by Crippen LogP contribution is -2.54. The Hall–Kier alpha value is -2.03. The summed E-state index contributed by atoms with van der Waals surface area (Å²) in [6.45, 7) is 4.81. The highest BCUT2D eigenvalue weighted by Crippen LogP contribution is 2.45. The molecule has 7 nitrogen and oxygen atoms in total. The molecule has 4 rings (SSSR count). The van der Waals surface area contributed by atoms with Crippen LogP contribution in [0.5, 0.6) is 0 Å². The van der Waals surface area contributed by atoms with Gasteiger partial charge in [-0.25, -0.2) is 4.39 Å². The molecule has 2 aliphatic heterocycles. The van der Waals surface area contributed by atoms with Crippen LogP contribution >= 0.6 is 0 Å². The Bertz CT molecular complexity index is 747. The van der Waals surface area contributed by atoms with Crippen molar-refractivity contribution in [3.63, 3.8) is 0 Å². The summed E-state index contributed by atoms with van der Waals surface area (Å²) in [7, 11) is 1.65. The molecule has 2 saturated heterocycles. The molecule has 0 bridgehead atoms. The summed E-state index contributed by atoms with van der Waals surface area (Å²) < 4.78 is 24.4. The van der Waals surface area contributed by atoms with Crippen molar-refractivity contribution < 1.29 is 23.5 Å². The molecule has 29 heavy (non-hydrogen) atoms. The molecule has 0 aromatic heterocycles. The summed E-state index contributed by atoms with van der Waals surface area (Å²) in [6, 6.07) is 5.28. The number of hydrogen-bond donors (Lipinski definition) is 1. The molecule has 3 aliphatic rings. The normalized spacial score (nSPS) is 27.0. The summed E-state index contributed by atoms with van der Waals surface area (Å²) in [5.41, 5.74) is 0.797. The molecule has 1 aliphatic carbocycles. The standard InChI is InChI=1S/C21H28FN3O4/c1-24-17(26)12-29-19(18(24)15-2-4-16(22)5-3-15)20(27)23-13-21(6-7-21)14-25-8-10-28-11-9-25/h2-5,18-19H,6-14H2,1H3,(H,23,27). The summed E-state index contributed by atoms with van der Waals surface area (Å²) in [4.78, 5) is 29.0. The lowest BCUT2D eigenvalue weighted by molar-refractivity contribution is -0.162. The Morgan fingerprint density at radius 3 is 2.59 bits per heavy atom. The van der Waals surface area contributed by atoms with Gasteiger partial charge < -0.3 is 19.7 Å². The molecule has 8 heteroatoms. The number of nitrogens with zero attached hydrogens (tertiary/aromatic N) is 2. The number of rotatable bonds is 6. The highest BCUT2D eigenvalue weighted by atomic mass is 19.1. The van der Waals surface area contributed by atoms with Gasteiger partial charge >= 0.3 is 0 Å². The van der Waals surface area contributed by atoms with Crippen LogP contribution in [0.3, 0.4) is 0 Å². The molecule has 0 spiro atoms. The Balaban J connectivity index is 1.40. The van der Waals surface area contributed by atoms with Gasteiger partial charge in [-0.1, -0.05) is 12.1 Å². The minimum atomic E-state index is -0.817. The van der Waals surface area contributed by atoms with Gasteiger partial charge in [-0.2, -0.15) is 0 Å². The average Bonchev–Trinajstić information content (AvgIpc) is 3.49. The van der Waals surface area contributed by atoms with Gasteiger partial charge in [0.05, 0.1) is 19.3 Å². The van der Waals surface area contributed by atoms with Gasteiger partial charge in [-0.3, -0.25) is 14.5 Å². The lowest BCUT2D eigenvalue weighted by Gasteiger charge is -2.38. The Labute approximate surface area is 170 Å². The smallest absolute Gasteiger partial charge is 0.251 e. The fourth-order valence-electron chi connectivity index (χ4n) is 4.17. The van der Waals surface area contributed by atoms with Gasteiger partial charge in [0.2, 0.25) is 5.91 Å². The van der Waals surface area contributed by atoms with Crippen molar-refractivity contribution in [3.05, 3.63) is 35.6 Å². The van der Waals surface area contributed by atoms with Crippen molar-refractivity contribution in [1.82, 2.24) is 15.1 Å². The fraction of sp³-hybridized carbons (Fsp3) is 0.619. The van der Waals surface area contributed by atoms with E-state index in [1.54, 1.807) is 19.2 Å². The Morgan fingerprint density at radius 2 is 1.93 bits per heavy atom. The lowest BCUT2D eigenvalue weighted by atomic mass is 9.97. The molecule has 158 valence electrons. The predicted molar refractivity (Wildman–Crippen MR) is 104 cm³/mol. The van der Waals surface area contributed by atoms with Crippen LogP contribution < -0.4 is 5.32 Å². The van der Waals surface area contributed by atoms with Crippen molar-refractivity contribution in [3.8, 4) is 0 Å². The van der Waals surface area contributed by atoms with Gasteiger partial charge in [0.15, 0.2) is 6.10 Å². The van der Waals surface area contributed by atoms with Crippen molar-refractivity contribution >= 4 is 11.8 Å². The second-order valence-electron chi connectivity index (χ2n) is 8.34. The number of benzene rings is 1.